The Hall–Kier alpha value is -2.14. The maximum Gasteiger partial charge on any atom is 0.253 e. The molecular weight excluding hydrogens is 278 g/mol. The van der Waals surface area contributed by atoms with Gasteiger partial charge in [0.2, 0.25) is 0 Å². The normalized spacial score (nSPS) is 11.5. The number of nitrogens with zero attached hydrogens (tertiary/aromatic N) is 1. The number of furan rings is 1. The van der Waals surface area contributed by atoms with E-state index in [0.717, 1.165) is 18.5 Å². The van der Waals surface area contributed by atoms with Gasteiger partial charge in [-0.1, -0.05) is 13.8 Å². The van der Waals surface area contributed by atoms with Crippen LogP contribution in [0.1, 0.15) is 42.7 Å². The molecule has 0 saturated carbocycles. The molecule has 3 N–H and O–H groups in total. The van der Waals surface area contributed by atoms with E-state index in [9.17, 15) is 4.79 Å². The maximum atomic E-state index is 12.5. The Morgan fingerprint density at radius 1 is 1.32 bits per heavy atom. The Labute approximate surface area is 130 Å². The van der Waals surface area contributed by atoms with Crippen LogP contribution < -0.4 is 11.1 Å². The highest BCUT2D eigenvalue weighted by Gasteiger charge is 2.27. The molecule has 118 valence electrons. The monoisotopic (exact) mass is 301 g/mol. The predicted octanol–water partition coefficient (Wildman–Crippen LogP) is 2.90. The molecule has 2 aromatic rings. The molecule has 0 aromatic carbocycles. The number of hydrogen-bond donors (Lipinski definition) is 2. The lowest BCUT2D eigenvalue weighted by atomic mass is 9.92. The average molecular weight is 301 g/mol. The summed E-state index contributed by atoms with van der Waals surface area (Å²) in [5, 5.41) is 3.06. The molecule has 5 nitrogen and oxygen atoms in total. The number of rotatable bonds is 6. The number of aryl methyl sites for hydroxylation is 1. The summed E-state index contributed by atoms with van der Waals surface area (Å²) in [5.41, 5.74) is 7.43. The Kier molecular flexibility index (Phi) is 4.98. The van der Waals surface area contributed by atoms with Gasteiger partial charge in [0.05, 0.1) is 23.1 Å². The zero-order valence-corrected chi connectivity index (χ0v) is 13.3. The third-order valence-electron chi connectivity index (χ3n) is 4.23. The Bertz CT molecular complexity index is 623. The molecule has 1 amide bonds. The molecule has 0 atom stereocenters. The minimum Gasteiger partial charge on any atom is -0.463 e. The number of nitrogens with one attached hydrogen (secondary N) is 1. The summed E-state index contributed by atoms with van der Waals surface area (Å²) in [4.78, 5) is 17.0. The van der Waals surface area contributed by atoms with Gasteiger partial charge < -0.3 is 15.5 Å². The molecule has 0 saturated heterocycles. The van der Waals surface area contributed by atoms with Crippen LogP contribution in [0.15, 0.2) is 34.9 Å². The largest absolute Gasteiger partial charge is 0.463 e. The van der Waals surface area contributed by atoms with E-state index in [0.29, 0.717) is 23.6 Å². The van der Waals surface area contributed by atoms with Gasteiger partial charge in [-0.05, 0) is 44.0 Å². The number of carbonyl (C=O) groups is 1. The quantitative estimate of drug-likeness (QED) is 0.859. The van der Waals surface area contributed by atoms with Crippen molar-refractivity contribution in [3.05, 3.63) is 41.8 Å². The number of pyridine rings is 1. The fourth-order valence-corrected chi connectivity index (χ4v) is 2.44. The van der Waals surface area contributed by atoms with Crippen molar-refractivity contribution >= 4 is 5.91 Å². The first-order chi connectivity index (χ1) is 10.5. The maximum absolute atomic E-state index is 12.5. The lowest BCUT2D eigenvalue weighted by molar-refractivity contribution is 0.0894. The van der Waals surface area contributed by atoms with Gasteiger partial charge in [-0.3, -0.25) is 4.79 Å². The third-order valence-corrected chi connectivity index (χ3v) is 4.23. The lowest BCUT2D eigenvalue weighted by Gasteiger charge is -2.31. The van der Waals surface area contributed by atoms with Crippen LogP contribution in [0.3, 0.4) is 0 Å². The fraction of sp³-hybridized carbons (Fsp3) is 0.412. The van der Waals surface area contributed by atoms with Crippen LogP contribution in [-0.2, 0) is 0 Å². The molecule has 5 heteroatoms. The van der Waals surface area contributed by atoms with Crippen LogP contribution in [0.25, 0.3) is 11.5 Å². The van der Waals surface area contributed by atoms with Crippen LogP contribution in [-0.4, -0.2) is 23.0 Å². The van der Waals surface area contributed by atoms with E-state index >= 15 is 0 Å². The molecule has 0 aliphatic rings. The van der Waals surface area contributed by atoms with Crippen LogP contribution in [0.5, 0.6) is 0 Å². The summed E-state index contributed by atoms with van der Waals surface area (Å²) in [7, 11) is 0. The Balaban J connectivity index is 2.24. The van der Waals surface area contributed by atoms with Crippen molar-refractivity contribution in [3.63, 3.8) is 0 Å². The number of nitrogens with two attached hydrogens (primary N) is 1. The molecule has 2 aromatic heterocycles. The zero-order valence-electron chi connectivity index (χ0n) is 13.3. The number of aromatic nitrogens is 1. The minimum atomic E-state index is -0.358. The van der Waals surface area contributed by atoms with Crippen LogP contribution in [0.4, 0.5) is 0 Å². The number of carbonyl (C=O) groups excluding carboxylic acids is 1. The van der Waals surface area contributed by atoms with E-state index in [2.05, 4.69) is 10.3 Å². The van der Waals surface area contributed by atoms with E-state index in [-0.39, 0.29) is 11.4 Å². The molecule has 2 heterocycles. The van der Waals surface area contributed by atoms with Crippen LogP contribution >= 0.6 is 0 Å². The van der Waals surface area contributed by atoms with Gasteiger partial charge in [0, 0.05) is 6.54 Å². The molecule has 0 bridgehead atoms. The van der Waals surface area contributed by atoms with E-state index in [1.807, 2.05) is 32.9 Å². The highest BCUT2D eigenvalue weighted by molar-refractivity contribution is 5.96. The smallest absolute Gasteiger partial charge is 0.253 e. The molecule has 22 heavy (non-hydrogen) atoms. The first kappa shape index (κ1) is 16.2. The number of hydrogen-bond acceptors (Lipinski definition) is 4. The van der Waals surface area contributed by atoms with Crippen LogP contribution in [0.2, 0.25) is 0 Å². The molecule has 2 rings (SSSR count). The third kappa shape index (κ3) is 3.20. The van der Waals surface area contributed by atoms with E-state index in [1.54, 1.807) is 18.4 Å². The minimum absolute atomic E-state index is 0.134. The topological polar surface area (TPSA) is 81.1 Å². The summed E-state index contributed by atoms with van der Waals surface area (Å²) in [5.74, 6) is 0.554. The zero-order chi connectivity index (χ0) is 16.2. The predicted molar refractivity (Wildman–Crippen MR) is 86.5 cm³/mol. The first-order valence-corrected chi connectivity index (χ1v) is 7.59. The van der Waals surface area contributed by atoms with Gasteiger partial charge in [0.15, 0.2) is 5.76 Å². The van der Waals surface area contributed by atoms with Crippen LogP contribution in [0, 0.1) is 6.92 Å². The summed E-state index contributed by atoms with van der Waals surface area (Å²) < 4.78 is 5.33. The summed E-state index contributed by atoms with van der Waals surface area (Å²) >= 11 is 0. The van der Waals surface area contributed by atoms with Crippen molar-refractivity contribution in [2.45, 2.75) is 39.2 Å². The van der Waals surface area contributed by atoms with Crippen molar-refractivity contribution in [2.75, 3.05) is 6.54 Å². The van der Waals surface area contributed by atoms with Gasteiger partial charge in [-0.15, -0.1) is 0 Å². The van der Waals surface area contributed by atoms with Crippen molar-refractivity contribution in [3.8, 4) is 11.5 Å². The van der Waals surface area contributed by atoms with E-state index < -0.39 is 0 Å². The van der Waals surface area contributed by atoms with Gasteiger partial charge in [-0.25, -0.2) is 4.98 Å². The van der Waals surface area contributed by atoms with Crippen molar-refractivity contribution in [1.29, 1.82) is 0 Å². The summed E-state index contributed by atoms with van der Waals surface area (Å²) in [6.45, 7) is 6.30. The standard InChI is InChI=1S/C17H23N3O2/c1-4-17(5-2,11-18)20-16(21)13-8-9-14(19-12(13)3)15-7-6-10-22-15/h6-10H,4-5,11,18H2,1-3H3,(H,20,21). The van der Waals surface area contributed by atoms with Gasteiger partial charge in [0.1, 0.15) is 5.69 Å². The molecule has 0 aliphatic heterocycles. The average Bonchev–Trinajstić information content (AvgIpc) is 3.07. The molecule has 0 spiro atoms. The molecule has 0 aliphatic carbocycles. The molecule has 0 unspecified atom stereocenters. The van der Waals surface area contributed by atoms with Gasteiger partial charge in [-0.2, -0.15) is 0 Å². The van der Waals surface area contributed by atoms with Gasteiger partial charge in [0.25, 0.3) is 5.91 Å². The highest BCUT2D eigenvalue weighted by atomic mass is 16.3. The summed E-state index contributed by atoms with van der Waals surface area (Å²) in [6, 6.07) is 7.23. The van der Waals surface area contributed by atoms with E-state index in [4.69, 9.17) is 10.2 Å². The molecule has 0 fully saturated rings. The second-order valence-corrected chi connectivity index (χ2v) is 5.45. The summed E-state index contributed by atoms with van der Waals surface area (Å²) in [6.07, 6.45) is 3.19. The van der Waals surface area contributed by atoms with Crippen molar-refractivity contribution in [2.24, 2.45) is 5.73 Å². The van der Waals surface area contributed by atoms with Gasteiger partial charge >= 0.3 is 0 Å². The second-order valence-electron chi connectivity index (χ2n) is 5.45. The Morgan fingerprint density at radius 2 is 2.05 bits per heavy atom. The highest BCUT2D eigenvalue weighted by Crippen LogP contribution is 2.20. The van der Waals surface area contributed by atoms with Crippen molar-refractivity contribution < 1.29 is 9.21 Å². The molecular formula is C17H23N3O2. The lowest BCUT2D eigenvalue weighted by Crippen LogP contribution is -2.53. The first-order valence-electron chi connectivity index (χ1n) is 7.59. The molecule has 0 radical (unpaired) electrons. The van der Waals surface area contributed by atoms with E-state index in [1.165, 1.54) is 0 Å². The number of amides is 1. The van der Waals surface area contributed by atoms with Crippen molar-refractivity contribution in [1.82, 2.24) is 10.3 Å². The second kappa shape index (κ2) is 6.75. The Morgan fingerprint density at radius 3 is 2.55 bits per heavy atom. The fourth-order valence-electron chi connectivity index (χ4n) is 2.44. The SMILES string of the molecule is CCC(CC)(CN)NC(=O)c1ccc(-c2ccco2)nc1C.